The number of nitrogens with one attached hydrogen (secondary N) is 1. The van der Waals surface area contributed by atoms with E-state index in [9.17, 15) is 19.3 Å². The highest BCUT2D eigenvalue weighted by atomic mass is 79.9. The molecule has 21 heavy (non-hydrogen) atoms. The highest BCUT2D eigenvalue weighted by Gasteiger charge is 2.15. The lowest BCUT2D eigenvalue weighted by Gasteiger charge is -2.08. The predicted molar refractivity (Wildman–Crippen MR) is 80.2 cm³/mol. The predicted octanol–water partition coefficient (Wildman–Crippen LogP) is 4.40. The van der Waals surface area contributed by atoms with Crippen LogP contribution in [0.15, 0.2) is 40.9 Å². The number of nitro groups is 1. The first-order chi connectivity index (χ1) is 9.88. The van der Waals surface area contributed by atoms with Gasteiger partial charge in [-0.2, -0.15) is 0 Å². The molecule has 0 bridgehead atoms. The molecule has 0 spiro atoms. The van der Waals surface area contributed by atoms with E-state index in [0.29, 0.717) is 4.47 Å². The monoisotopic (exact) mass is 372 g/mol. The lowest BCUT2D eigenvalue weighted by Crippen LogP contribution is -2.14. The summed E-state index contributed by atoms with van der Waals surface area (Å²) in [5, 5.41) is 13.3. The van der Waals surface area contributed by atoms with Crippen LogP contribution < -0.4 is 5.32 Å². The first-order valence-electron chi connectivity index (χ1n) is 5.59. The molecular formula is C13H7BrClFN2O3. The van der Waals surface area contributed by atoms with E-state index in [1.54, 1.807) is 0 Å². The third kappa shape index (κ3) is 3.56. The summed E-state index contributed by atoms with van der Waals surface area (Å²) < 4.78 is 13.9. The van der Waals surface area contributed by atoms with Crippen molar-refractivity contribution in [2.75, 3.05) is 5.32 Å². The summed E-state index contributed by atoms with van der Waals surface area (Å²) in [5.41, 5.74) is -0.0634. The second-order valence-electron chi connectivity index (χ2n) is 4.00. The minimum absolute atomic E-state index is 0.131. The largest absolute Gasteiger partial charge is 0.321 e. The van der Waals surface area contributed by atoms with Crippen LogP contribution in [0.25, 0.3) is 0 Å². The van der Waals surface area contributed by atoms with E-state index in [1.165, 1.54) is 30.3 Å². The minimum Gasteiger partial charge on any atom is -0.321 e. The van der Waals surface area contributed by atoms with Gasteiger partial charge in [-0.05, 0) is 40.2 Å². The average Bonchev–Trinajstić information content (AvgIpc) is 2.43. The molecule has 0 saturated carbocycles. The maximum absolute atomic E-state index is 13.6. The van der Waals surface area contributed by atoms with Gasteiger partial charge in [0.15, 0.2) is 0 Å². The molecule has 0 saturated heterocycles. The number of nitro benzene ring substituents is 1. The van der Waals surface area contributed by atoms with Gasteiger partial charge in [-0.15, -0.1) is 0 Å². The van der Waals surface area contributed by atoms with Gasteiger partial charge in [-0.3, -0.25) is 14.9 Å². The fourth-order valence-corrected chi connectivity index (χ4v) is 2.22. The number of halogens is 3. The molecule has 0 radical (unpaired) electrons. The van der Waals surface area contributed by atoms with Crippen molar-refractivity contribution in [3.63, 3.8) is 0 Å². The van der Waals surface area contributed by atoms with E-state index >= 15 is 0 Å². The maximum atomic E-state index is 13.6. The Morgan fingerprint density at radius 1 is 1.29 bits per heavy atom. The Morgan fingerprint density at radius 3 is 2.62 bits per heavy atom. The number of amides is 1. The summed E-state index contributed by atoms with van der Waals surface area (Å²) in [4.78, 5) is 22.1. The Balaban J connectivity index is 2.27. The van der Waals surface area contributed by atoms with Crippen molar-refractivity contribution in [2.45, 2.75) is 0 Å². The van der Waals surface area contributed by atoms with E-state index in [4.69, 9.17) is 11.6 Å². The third-order valence-corrected chi connectivity index (χ3v) is 3.48. The van der Waals surface area contributed by atoms with Gasteiger partial charge < -0.3 is 5.32 Å². The van der Waals surface area contributed by atoms with Crippen molar-refractivity contribution in [3.05, 3.63) is 67.4 Å². The van der Waals surface area contributed by atoms with E-state index in [2.05, 4.69) is 21.2 Å². The fourth-order valence-electron chi connectivity index (χ4n) is 1.58. The van der Waals surface area contributed by atoms with Gasteiger partial charge in [0, 0.05) is 21.6 Å². The van der Waals surface area contributed by atoms with Crippen molar-refractivity contribution in [2.24, 2.45) is 0 Å². The third-order valence-electron chi connectivity index (χ3n) is 2.58. The second kappa shape index (κ2) is 6.19. The zero-order valence-corrected chi connectivity index (χ0v) is 12.6. The number of carbonyl (C=O) groups excluding carboxylic acids is 1. The maximum Gasteiger partial charge on any atom is 0.270 e. The van der Waals surface area contributed by atoms with Gasteiger partial charge in [0.1, 0.15) is 5.82 Å². The molecule has 0 aromatic heterocycles. The van der Waals surface area contributed by atoms with E-state index in [1.807, 2.05) is 0 Å². The Kier molecular flexibility index (Phi) is 4.54. The standard InChI is InChI=1S/C13H7BrClFN2O3/c14-10-6-8(18(20)21)2-4-12(10)17-13(19)9-5-7(15)1-3-11(9)16/h1-6H,(H,17,19). The second-order valence-corrected chi connectivity index (χ2v) is 5.29. The van der Waals surface area contributed by atoms with Crippen LogP contribution in [0, 0.1) is 15.9 Å². The van der Waals surface area contributed by atoms with E-state index in [0.717, 1.165) is 6.07 Å². The molecule has 2 rings (SSSR count). The van der Waals surface area contributed by atoms with Crippen LogP contribution in [0.5, 0.6) is 0 Å². The first kappa shape index (κ1) is 15.4. The minimum atomic E-state index is -0.713. The molecule has 8 heteroatoms. The summed E-state index contributed by atoms with van der Waals surface area (Å²) in [6.07, 6.45) is 0. The highest BCUT2D eigenvalue weighted by Crippen LogP contribution is 2.28. The number of benzene rings is 2. The van der Waals surface area contributed by atoms with Crippen LogP contribution in [0.4, 0.5) is 15.8 Å². The number of anilines is 1. The van der Waals surface area contributed by atoms with Crippen molar-refractivity contribution in [3.8, 4) is 0 Å². The molecule has 0 unspecified atom stereocenters. The number of carbonyl (C=O) groups is 1. The lowest BCUT2D eigenvalue weighted by atomic mass is 10.2. The Bertz CT molecular complexity index is 739. The highest BCUT2D eigenvalue weighted by molar-refractivity contribution is 9.10. The first-order valence-corrected chi connectivity index (χ1v) is 6.76. The molecule has 0 atom stereocenters. The Morgan fingerprint density at radius 2 is 2.00 bits per heavy atom. The number of rotatable bonds is 3. The molecule has 2 aromatic rings. The molecular weight excluding hydrogens is 367 g/mol. The van der Waals surface area contributed by atoms with E-state index in [-0.39, 0.29) is 22.0 Å². The van der Waals surface area contributed by atoms with Gasteiger partial charge in [0.05, 0.1) is 16.2 Å². The molecule has 0 aliphatic rings. The van der Waals surface area contributed by atoms with Crippen molar-refractivity contribution in [1.29, 1.82) is 0 Å². The van der Waals surface area contributed by atoms with Crippen LogP contribution in [-0.2, 0) is 0 Å². The smallest absolute Gasteiger partial charge is 0.270 e. The van der Waals surface area contributed by atoms with Crippen molar-refractivity contribution >= 4 is 44.8 Å². The quantitative estimate of drug-likeness (QED) is 0.640. The van der Waals surface area contributed by atoms with Crippen LogP contribution in [0.2, 0.25) is 5.02 Å². The molecule has 0 heterocycles. The molecule has 1 amide bonds. The summed E-state index contributed by atoms with van der Waals surface area (Å²) in [6, 6.07) is 7.43. The van der Waals surface area contributed by atoms with Gasteiger partial charge >= 0.3 is 0 Å². The number of nitrogens with zero attached hydrogens (tertiary/aromatic N) is 1. The molecule has 0 aliphatic heterocycles. The normalized spacial score (nSPS) is 10.2. The van der Waals surface area contributed by atoms with Crippen LogP contribution in [-0.4, -0.2) is 10.8 Å². The van der Waals surface area contributed by atoms with Gasteiger partial charge in [0.25, 0.3) is 11.6 Å². The lowest BCUT2D eigenvalue weighted by molar-refractivity contribution is -0.384. The molecule has 2 aromatic carbocycles. The van der Waals surface area contributed by atoms with Crippen molar-refractivity contribution in [1.82, 2.24) is 0 Å². The summed E-state index contributed by atoms with van der Waals surface area (Å²) in [5.74, 6) is -1.42. The SMILES string of the molecule is O=C(Nc1ccc([N+](=O)[O-])cc1Br)c1cc(Cl)ccc1F. The molecule has 0 fully saturated rings. The Labute approximate surface area is 132 Å². The zero-order valence-electron chi connectivity index (χ0n) is 10.3. The van der Waals surface area contributed by atoms with E-state index < -0.39 is 16.6 Å². The van der Waals surface area contributed by atoms with Gasteiger partial charge in [-0.1, -0.05) is 11.6 Å². The Hall–Kier alpha value is -1.99. The van der Waals surface area contributed by atoms with Crippen LogP contribution in [0.3, 0.4) is 0 Å². The molecule has 1 N–H and O–H groups in total. The number of non-ortho nitro benzene ring substituents is 1. The van der Waals surface area contributed by atoms with Crippen LogP contribution >= 0.6 is 27.5 Å². The summed E-state index contributed by atoms with van der Waals surface area (Å²) in [7, 11) is 0. The summed E-state index contributed by atoms with van der Waals surface area (Å²) in [6.45, 7) is 0. The van der Waals surface area contributed by atoms with Crippen LogP contribution in [0.1, 0.15) is 10.4 Å². The summed E-state index contributed by atoms with van der Waals surface area (Å²) >= 11 is 8.83. The molecule has 5 nitrogen and oxygen atoms in total. The average molecular weight is 374 g/mol. The molecule has 0 aliphatic carbocycles. The fraction of sp³-hybridized carbons (Fsp3) is 0. The topological polar surface area (TPSA) is 72.2 Å². The van der Waals surface area contributed by atoms with Gasteiger partial charge in [0.2, 0.25) is 0 Å². The number of hydrogen-bond acceptors (Lipinski definition) is 3. The molecule has 108 valence electrons. The van der Waals surface area contributed by atoms with Crippen molar-refractivity contribution < 1.29 is 14.1 Å². The zero-order chi connectivity index (χ0) is 15.6. The number of hydrogen-bond donors (Lipinski definition) is 1. The van der Waals surface area contributed by atoms with Gasteiger partial charge in [-0.25, -0.2) is 4.39 Å².